The highest BCUT2D eigenvalue weighted by Crippen LogP contribution is 2.29. The molecule has 3 aromatic rings. The number of benzene rings is 2. The van der Waals surface area contributed by atoms with Crippen LogP contribution < -0.4 is 0 Å². The summed E-state index contributed by atoms with van der Waals surface area (Å²) in [5.74, 6) is 0.146. The summed E-state index contributed by atoms with van der Waals surface area (Å²) in [5, 5.41) is 1.22. The second kappa shape index (κ2) is 5.08. The van der Waals surface area contributed by atoms with Crippen LogP contribution in [0.2, 0.25) is 5.15 Å². The fourth-order valence-electron chi connectivity index (χ4n) is 2.51. The molecule has 0 amide bonds. The molecule has 0 fully saturated rings. The van der Waals surface area contributed by atoms with Gasteiger partial charge in [-0.2, -0.15) is 0 Å². The Kier molecular flexibility index (Phi) is 3.38. The monoisotopic (exact) mass is 300 g/mol. The zero-order chi connectivity index (χ0) is 15.1. The summed E-state index contributed by atoms with van der Waals surface area (Å²) in [6, 6.07) is 8.60. The van der Waals surface area contributed by atoms with E-state index in [-0.39, 0.29) is 5.82 Å². The van der Waals surface area contributed by atoms with Gasteiger partial charge in [0.05, 0.1) is 5.52 Å². The Morgan fingerprint density at radius 1 is 0.952 bits per heavy atom. The Morgan fingerprint density at radius 3 is 2.48 bits per heavy atom. The van der Waals surface area contributed by atoms with Gasteiger partial charge in [0.15, 0.2) is 5.82 Å². The van der Waals surface area contributed by atoms with Gasteiger partial charge in [0.2, 0.25) is 0 Å². The molecule has 2 nitrogen and oxygen atoms in total. The molecule has 1 heterocycles. The van der Waals surface area contributed by atoms with Gasteiger partial charge >= 0.3 is 0 Å². The zero-order valence-corrected chi connectivity index (χ0v) is 12.8. The van der Waals surface area contributed by atoms with Gasteiger partial charge in [-0.05, 0) is 50.1 Å². The van der Waals surface area contributed by atoms with E-state index in [9.17, 15) is 4.39 Å². The van der Waals surface area contributed by atoms with E-state index in [2.05, 4.69) is 9.97 Å². The maximum absolute atomic E-state index is 13.5. The molecule has 3 rings (SSSR count). The third kappa shape index (κ3) is 2.49. The maximum Gasteiger partial charge on any atom is 0.161 e. The summed E-state index contributed by atoms with van der Waals surface area (Å²) >= 11 is 6.30. The first kappa shape index (κ1) is 14.0. The Morgan fingerprint density at radius 2 is 1.71 bits per heavy atom. The summed E-state index contributed by atoms with van der Waals surface area (Å²) in [5.41, 5.74) is 4.53. The van der Waals surface area contributed by atoms with Crippen molar-refractivity contribution in [1.82, 2.24) is 9.97 Å². The van der Waals surface area contributed by atoms with Crippen LogP contribution in [0.25, 0.3) is 22.3 Å². The second-order valence-electron chi connectivity index (χ2n) is 5.28. The average Bonchev–Trinajstić information content (AvgIpc) is 2.42. The van der Waals surface area contributed by atoms with Crippen LogP contribution in [-0.2, 0) is 0 Å². The van der Waals surface area contributed by atoms with Gasteiger partial charge in [0.1, 0.15) is 11.0 Å². The highest BCUT2D eigenvalue weighted by molar-refractivity contribution is 6.34. The van der Waals surface area contributed by atoms with Gasteiger partial charge in [-0.25, -0.2) is 14.4 Å². The van der Waals surface area contributed by atoms with Gasteiger partial charge in [-0.1, -0.05) is 29.3 Å². The van der Waals surface area contributed by atoms with Crippen LogP contribution in [0, 0.1) is 26.6 Å². The zero-order valence-electron chi connectivity index (χ0n) is 12.0. The van der Waals surface area contributed by atoms with Crippen molar-refractivity contribution in [3.05, 3.63) is 58.0 Å². The SMILES string of the molecule is Cc1cc(C)c2nc(-c3cc(F)ccc3C)nc(Cl)c2c1. The Balaban J connectivity index is 2.33. The lowest BCUT2D eigenvalue weighted by atomic mass is 10.1. The topological polar surface area (TPSA) is 25.8 Å². The summed E-state index contributed by atoms with van der Waals surface area (Å²) in [7, 11) is 0. The molecule has 0 radical (unpaired) electrons. The fraction of sp³-hybridized carbons (Fsp3) is 0.176. The number of aryl methyl sites for hydroxylation is 3. The summed E-state index contributed by atoms with van der Waals surface area (Å²) in [6.45, 7) is 5.90. The summed E-state index contributed by atoms with van der Waals surface area (Å²) in [6.07, 6.45) is 0. The van der Waals surface area contributed by atoms with Crippen LogP contribution in [-0.4, -0.2) is 9.97 Å². The first-order valence-electron chi connectivity index (χ1n) is 6.67. The van der Waals surface area contributed by atoms with E-state index < -0.39 is 0 Å². The van der Waals surface area contributed by atoms with Gasteiger partial charge in [0, 0.05) is 10.9 Å². The normalized spacial score (nSPS) is 11.1. The van der Waals surface area contributed by atoms with Gasteiger partial charge < -0.3 is 0 Å². The predicted molar refractivity (Wildman–Crippen MR) is 84.2 cm³/mol. The Bertz CT molecular complexity index is 859. The van der Waals surface area contributed by atoms with Crippen molar-refractivity contribution in [1.29, 1.82) is 0 Å². The van der Waals surface area contributed by atoms with E-state index in [1.807, 2.05) is 32.9 Å². The summed E-state index contributed by atoms with van der Waals surface area (Å²) < 4.78 is 13.5. The molecule has 0 saturated carbocycles. The molecule has 0 aliphatic carbocycles. The van der Waals surface area contributed by atoms with Crippen LogP contribution in [0.3, 0.4) is 0 Å². The molecule has 4 heteroatoms. The number of halogens is 2. The minimum atomic E-state index is -0.309. The largest absolute Gasteiger partial charge is 0.228 e. The molecule has 0 N–H and O–H groups in total. The summed E-state index contributed by atoms with van der Waals surface area (Å²) in [4.78, 5) is 8.93. The van der Waals surface area contributed by atoms with Crippen molar-refractivity contribution < 1.29 is 4.39 Å². The lowest BCUT2D eigenvalue weighted by Crippen LogP contribution is -1.96. The van der Waals surface area contributed by atoms with E-state index in [1.54, 1.807) is 6.07 Å². The van der Waals surface area contributed by atoms with Gasteiger partial charge in [-0.15, -0.1) is 0 Å². The van der Waals surface area contributed by atoms with Crippen molar-refractivity contribution in [3.63, 3.8) is 0 Å². The highest BCUT2D eigenvalue weighted by atomic mass is 35.5. The van der Waals surface area contributed by atoms with Crippen LogP contribution in [0.1, 0.15) is 16.7 Å². The van der Waals surface area contributed by atoms with Crippen LogP contribution in [0.15, 0.2) is 30.3 Å². The predicted octanol–water partition coefficient (Wildman–Crippen LogP) is 5.01. The molecule has 0 atom stereocenters. The van der Waals surface area contributed by atoms with E-state index in [1.165, 1.54) is 12.1 Å². The number of fused-ring (bicyclic) bond motifs is 1. The van der Waals surface area contributed by atoms with Gasteiger partial charge in [-0.3, -0.25) is 0 Å². The molecule has 0 spiro atoms. The highest BCUT2D eigenvalue weighted by Gasteiger charge is 2.12. The van der Waals surface area contributed by atoms with E-state index in [0.717, 1.165) is 27.6 Å². The molecule has 1 aromatic heterocycles. The van der Waals surface area contributed by atoms with E-state index in [0.29, 0.717) is 16.5 Å². The quantitative estimate of drug-likeness (QED) is 0.590. The first-order chi connectivity index (χ1) is 9.95. The molecule has 0 unspecified atom stereocenters. The average molecular weight is 301 g/mol. The molecule has 0 aliphatic heterocycles. The molecule has 0 saturated heterocycles. The fourth-order valence-corrected chi connectivity index (χ4v) is 2.73. The van der Waals surface area contributed by atoms with Crippen molar-refractivity contribution in [2.75, 3.05) is 0 Å². The Hall–Kier alpha value is -2.00. The van der Waals surface area contributed by atoms with Crippen molar-refractivity contribution in [3.8, 4) is 11.4 Å². The molecule has 2 aromatic carbocycles. The molecule has 21 heavy (non-hydrogen) atoms. The van der Waals surface area contributed by atoms with Crippen LogP contribution in [0.4, 0.5) is 4.39 Å². The number of hydrogen-bond acceptors (Lipinski definition) is 2. The van der Waals surface area contributed by atoms with Crippen molar-refractivity contribution >= 4 is 22.5 Å². The minimum Gasteiger partial charge on any atom is -0.228 e. The lowest BCUT2D eigenvalue weighted by molar-refractivity contribution is 0.628. The smallest absolute Gasteiger partial charge is 0.161 e. The van der Waals surface area contributed by atoms with E-state index >= 15 is 0 Å². The van der Waals surface area contributed by atoms with Crippen molar-refractivity contribution in [2.24, 2.45) is 0 Å². The number of nitrogens with zero attached hydrogens (tertiary/aromatic N) is 2. The first-order valence-corrected chi connectivity index (χ1v) is 7.04. The van der Waals surface area contributed by atoms with Crippen molar-refractivity contribution in [2.45, 2.75) is 20.8 Å². The standard InChI is InChI=1S/C17H14ClFN2/c1-9-6-11(3)15-14(7-9)16(18)21-17(20-15)13-8-12(19)5-4-10(13)2/h4-8H,1-3H3. The second-order valence-corrected chi connectivity index (χ2v) is 5.63. The minimum absolute atomic E-state index is 0.309. The van der Waals surface area contributed by atoms with E-state index in [4.69, 9.17) is 11.6 Å². The van der Waals surface area contributed by atoms with Gasteiger partial charge in [0.25, 0.3) is 0 Å². The molecule has 0 aliphatic rings. The van der Waals surface area contributed by atoms with Crippen LogP contribution >= 0.6 is 11.6 Å². The molecule has 0 bridgehead atoms. The third-order valence-corrected chi connectivity index (χ3v) is 3.82. The molecule has 106 valence electrons. The number of aromatic nitrogens is 2. The third-order valence-electron chi connectivity index (χ3n) is 3.53. The Labute approximate surface area is 127 Å². The maximum atomic E-state index is 13.5. The number of rotatable bonds is 1. The number of hydrogen-bond donors (Lipinski definition) is 0. The van der Waals surface area contributed by atoms with Crippen LogP contribution in [0.5, 0.6) is 0 Å². The molecular formula is C17H14ClFN2. The molecular weight excluding hydrogens is 287 g/mol. The lowest BCUT2D eigenvalue weighted by Gasteiger charge is -2.09.